The molecule has 3 heterocycles. The Balaban J connectivity index is 1.70. The second-order valence-electron chi connectivity index (χ2n) is 4.97. The van der Waals surface area contributed by atoms with Gasteiger partial charge in [-0.15, -0.1) is 0 Å². The van der Waals surface area contributed by atoms with Gasteiger partial charge in [0.25, 0.3) is 0 Å². The molecule has 1 N–H and O–H groups in total. The van der Waals surface area contributed by atoms with Crippen LogP contribution in [0.4, 0.5) is 16.0 Å². The summed E-state index contributed by atoms with van der Waals surface area (Å²) < 4.78 is 14.9. The number of aromatic nitrogens is 4. The summed E-state index contributed by atoms with van der Waals surface area (Å²) in [5, 5.41) is 3.06. The van der Waals surface area contributed by atoms with Crippen LogP contribution in [0.2, 0.25) is 0 Å². The highest BCUT2D eigenvalue weighted by Gasteiger charge is 2.08. The minimum Gasteiger partial charge on any atom is -0.324 e. The van der Waals surface area contributed by atoms with Crippen LogP contribution in [-0.2, 0) is 0 Å². The van der Waals surface area contributed by atoms with Crippen molar-refractivity contribution in [2.75, 3.05) is 5.32 Å². The lowest BCUT2D eigenvalue weighted by molar-refractivity contribution is 0.628. The number of benzene rings is 1. The van der Waals surface area contributed by atoms with Crippen molar-refractivity contribution in [1.29, 1.82) is 0 Å². The summed E-state index contributed by atoms with van der Waals surface area (Å²) in [4.78, 5) is 13.1. The molecule has 0 radical (unpaired) electrons. The largest absolute Gasteiger partial charge is 0.324 e. The van der Waals surface area contributed by atoms with Crippen LogP contribution in [0.25, 0.3) is 17.0 Å². The van der Waals surface area contributed by atoms with Gasteiger partial charge in [-0.3, -0.25) is 4.40 Å². The molecular weight excluding hydrogens is 293 g/mol. The normalized spacial score (nSPS) is 10.8. The van der Waals surface area contributed by atoms with E-state index in [9.17, 15) is 4.39 Å². The van der Waals surface area contributed by atoms with Gasteiger partial charge >= 0.3 is 0 Å². The Hall–Kier alpha value is -3.28. The molecular formula is C17H12FN5. The second kappa shape index (κ2) is 5.49. The molecule has 0 aliphatic carbocycles. The van der Waals surface area contributed by atoms with E-state index in [0.717, 1.165) is 22.7 Å². The van der Waals surface area contributed by atoms with Gasteiger partial charge in [0.15, 0.2) is 0 Å². The zero-order chi connectivity index (χ0) is 15.6. The van der Waals surface area contributed by atoms with E-state index in [-0.39, 0.29) is 5.82 Å². The molecule has 3 aromatic heterocycles. The van der Waals surface area contributed by atoms with Gasteiger partial charge in [0.2, 0.25) is 5.95 Å². The van der Waals surface area contributed by atoms with Crippen LogP contribution in [-0.4, -0.2) is 19.4 Å². The number of fused-ring (bicyclic) bond motifs is 1. The molecule has 112 valence electrons. The molecule has 0 atom stereocenters. The highest BCUT2D eigenvalue weighted by Crippen LogP contribution is 2.20. The maximum absolute atomic E-state index is 13.0. The van der Waals surface area contributed by atoms with Crippen molar-refractivity contribution in [1.82, 2.24) is 19.4 Å². The van der Waals surface area contributed by atoms with Gasteiger partial charge < -0.3 is 5.32 Å². The number of pyridine rings is 1. The monoisotopic (exact) mass is 305 g/mol. The first-order chi connectivity index (χ1) is 11.3. The smallest absolute Gasteiger partial charge is 0.227 e. The Bertz CT molecular complexity index is 962. The Kier molecular flexibility index (Phi) is 3.20. The van der Waals surface area contributed by atoms with Crippen LogP contribution in [0.3, 0.4) is 0 Å². The van der Waals surface area contributed by atoms with Gasteiger partial charge in [-0.25, -0.2) is 19.3 Å². The van der Waals surface area contributed by atoms with E-state index >= 15 is 0 Å². The van der Waals surface area contributed by atoms with E-state index in [1.165, 1.54) is 12.1 Å². The van der Waals surface area contributed by atoms with Gasteiger partial charge in [-0.1, -0.05) is 6.07 Å². The standard InChI is InChI=1S/C17H12FN5/c18-12-4-6-13(7-5-12)21-17-19-9-8-14(22-17)15-11-20-16-3-1-2-10-23(15)16/h1-11H,(H,19,21,22). The van der Waals surface area contributed by atoms with Crippen molar-refractivity contribution < 1.29 is 4.39 Å². The van der Waals surface area contributed by atoms with Crippen LogP contribution in [0.15, 0.2) is 67.1 Å². The third-order valence-corrected chi connectivity index (χ3v) is 3.44. The molecule has 0 spiro atoms. The van der Waals surface area contributed by atoms with Crippen LogP contribution >= 0.6 is 0 Å². The maximum atomic E-state index is 13.0. The van der Waals surface area contributed by atoms with Gasteiger partial charge in [-0.05, 0) is 42.5 Å². The van der Waals surface area contributed by atoms with Gasteiger partial charge in [0.1, 0.15) is 11.5 Å². The minimum atomic E-state index is -0.282. The lowest BCUT2D eigenvalue weighted by Gasteiger charge is -2.06. The molecule has 0 saturated heterocycles. The fraction of sp³-hybridized carbons (Fsp3) is 0. The predicted octanol–water partition coefficient (Wildman–Crippen LogP) is 3.67. The van der Waals surface area contributed by atoms with Crippen molar-refractivity contribution >= 4 is 17.3 Å². The van der Waals surface area contributed by atoms with Gasteiger partial charge in [0, 0.05) is 18.1 Å². The molecule has 0 amide bonds. The Labute approximate surface area is 131 Å². The van der Waals surface area contributed by atoms with E-state index in [0.29, 0.717) is 5.95 Å². The van der Waals surface area contributed by atoms with E-state index in [2.05, 4.69) is 20.3 Å². The average molecular weight is 305 g/mol. The van der Waals surface area contributed by atoms with Crippen molar-refractivity contribution in [3.63, 3.8) is 0 Å². The van der Waals surface area contributed by atoms with E-state index in [4.69, 9.17) is 0 Å². The van der Waals surface area contributed by atoms with Crippen molar-refractivity contribution in [2.24, 2.45) is 0 Å². The number of nitrogens with one attached hydrogen (secondary N) is 1. The van der Waals surface area contributed by atoms with Crippen LogP contribution < -0.4 is 5.32 Å². The molecule has 0 aliphatic heterocycles. The molecule has 6 heteroatoms. The molecule has 1 aromatic carbocycles. The summed E-state index contributed by atoms with van der Waals surface area (Å²) >= 11 is 0. The summed E-state index contributed by atoms with van der Waals surface area (Å²) in [6, 6.07) is 13.7. The molecule has 0 bridgehead atoms. The SMILES string of the molecule is Fc1ccc(Nc2nccc(-c3cnc4ccccn34)n2)cc1. The number of hydrogen-bond donors (Lipinski definition) is 1. The second-order valence-corrected chi connectivity index (χ2v) is 4.97. The molecule has 0 saturated carbocycles. The first-order valence-electron chi connectivity index (χ1n) is 7.08. The number of hydrogen-bond acceptors (Lipinski definition) is 4. The number of imidazole rings is 1. The highest BCUT2D eigenvalue weighted by atomic mass is 19.1. The Morgan fingerprint density at radius 2 is 1.83 bits per heavy atom. The lowest BCUT2D eigenvalue weighted by Crippen LogP contribution is -1.99. The first-order valence-corrected chi connectivity index (χ1v) is 7.08. The number of halogens is 1. The number of anilines is 2. The van der Waals surface area contributed by atoms with Crippen molar-refractivity contribution in [2.45, 2.75) is 0 Å². The van der Waals surface area contributed by atoms with Gasteiger partial charge in [0.05, 0.1) is 17.6 Å². The molecule has 4 aromatic rings. The summed E-state index contributed by atoms with van der Waals surface area (Å²) in [5.41, 5.74) is 3.21. The fourth-order valence-corrected chi connectivity index (χ4v) is 2.35. The van der Waals surface area contributed by atoms with E-state index < -0.39 is 0 Å². The zero-order valence-electron chi connectivity index (χ0n) is 12.0. The fourth-order valence-electron chi connectivity index (χ4n) is 2.35. The molecule has 0 unspecified atom stereocenters. The Morgan fingerprint density at radius 1 is 0.957 bits per heavy atom. The minimum absolute atomic E-state index is 0.282. The first kappa shape index (κ1) is 13.4. The van der Waals surface area contributed by atoms with E-state index in [1.807, 2.05) is 34.9 Å². The van der Waals surface area contributed by atoms with Crippen LogP contribution in [0.5, 0.6) is 0 Å². The molecule has 5 nitrogen and oxygen atoms in total. The molecule has 4 rings (SSSR count). The van der Waals surface area contributed by atoms with Crippen molar-refractivity contribution in [3.05, 3.63) is 72.9 Å². The topological polar surface area (TPSA) is 55.1 Å². The quantitative estimate of drug-likeness (QED) is 0.627. The number of rotatable bonds is 3. The summed E-state index contributed by atoms with van der Waals surface area (Å²) in [7, 11) is 0. The van der Waals surface area contributed by atoms with E-state index in [1.54, 1.807) is 24.5 Å². The third-order valence-electron chi connectivity index (χ3n) is 3.44. The predicted molar refractivity (Wildman–Crippen MR) is 85.9 cm³/mol. The number of nitrogens with zero attached hydrogens (tertiary/aromatic N) is 4. The average Bonchev–Trinajstić information content (AvgIpc) is 3.01. The van der Waals surface area contributed by atoms with Gasteiger partial charge in [-0.2, -0.15) is 0 Å². The van der Waals surface area contributed by atoms with Crippen LogP contribution in [0.1, 0.15) is 0 Å². The molecule has 0 fully saturated rings. The third kappa shape index (κ3) is 2.62. The summed E-state index contributed by atoms with van der Waals surface area (Å²) in [5.74, 6) is 0.163. The van der Waals surface area contributed by atoms with Crippen molar-refractivity contribution in [3.8, 4) is 11.4 Å². The zero-order valence-corrected chi connectivity index (χ0v) is 12.0. The molecule has 23 heavy (non-hydrogen) atoms. The summed E-state index contributed by atoms with van der Waals surface area (Å²) in [6.07, 6.45) is 5.39. The highest BCUT2D eigenvalue weighted by molar-refractivity contribution is 5.62. The summed E-state index contributed by atoms with van der Waals surface area (Å²) in [6.45, 7) is 0. The maximum Gasteiger partial charge on any atom is 0.227 e. The lowest BCUT2D eigenvalue weighted by atomic mass is 10.3. The molecule has 0 aliphatic rings. The Morgan fingerprint density at radius 3 is 2.70 bits per heavy atom. The van der Waals surface area contributed by atoms with Crippen LogP contribution in [0, 0.1) is 5.82 Å².